The van der Waals surface area contributed by atoms with Crippen LogP contribution in [-0.2, 0) is 11.3 Å². The van der Waals surface area contributed by atoms with E-state index in [4.69, 9.17) is 15.2 Å². The van der Waals surface area contributed by atoms with Crippen molar-refractivity contribution in [2.24, 2.45) is 5.73 Å². The highest BCUT2D eigenvalue weighted by molar-refractivity contribution is 5.04. The molecule has 0 radical (unpaired) electrons. The maximum Gasteiger partial charge on any atom is 0.316 e. The normalized spacial score (nSPS) is 10.3. The third-order valence-electron chi connectivity index (χ3n) is 1.71. The second kappa shape index (κ2) is 7.14. The van der Waals surface area contributed by atoms with E-state index < -0.39 is 0 Å². The monoisotopic (exact) mass is 211 g/mol. The van der Waals surface area contributed by atoms with Crippen LogP contribution in [0.3, 0.4) is 0 Å². The Morgan fingerprint density at radius 3 is 2.93 bits per heavy atom. The first kappa shape index (κ1) is 11.9. The van der Waals surface area contributed by atoms with Gasteiger partial charge in [-0.1, -0.05) is 6.92 Å². The van der Waals surface area contributed by atoms with Crippen LogP contribution in [-0.4, -0.2) is 29.8 Å². The number of nitrogens with two attached hydrogens (primary N) is 1. The highest BCUT2D eigenvalue weighted by Crippen LogP contribution is 2.01. The van der Waals surface area contributed by atoms with Gasteiger partial charge in [-0.05, 0) is 12.5 Å². The predicted octanol–water partition coefficient (Wildman–Crippen LogP) is 0.741. The molecule has 0 unspecified atom stereocenters. The zero-order valence-electron chi connectivity index (χ0n) is 8.98. The van der Waals surface area contributed by atoms with Crippen molar-refractivity contribution >= 4 is 0 Å². The third kappa shape index (κ3) is 4.71. The van der Waals surface area contributed by atoms with Gasteiger partial charge in [0.1, 0.15) is 6.61 Å². The second-order valence-corrected chi connectivity index (χ2v) is 3.00. The minimum Gasteiger partial charge on any atom is -0.461 e. The van der Waals surface area contributed by atoms with Crippen LogP contribution in [0.1, 0.15) is 19.0 Å². The first-order valence-corrected chi connectivity index (χ1v) is 5.09. The van der Waals surface area contributed by atoms with Gasteiger partial charge in [-0.2, -0.15) is 4.98 Å². The Hall–Kier alpha value is -1.20. The summed E-state index contributed by atoms with van der Waals surface area (Å²) in [6.07, 6.45) is 2.65. The molecule has 1 heterocycles. The fourth-order valence-electron chi connectivity index (χ4n) is 0.998. The highest BCUT2D eigenvalue weighted by Gasteiger charge is 1.98. The van der Waals surface area contributed by atoms with E-state index >= 15 is 0 Å². The first-order chi connectivity index (χ1) is 7.36. The predicted molar refractivity (Wildman–Crippen MR) is 56.5 cm³/mol. The topological polar surface area (TPSA) is 70.3 Å². The zero-order valence-corrected chi connectivity index (χ0v) is 8.98. The molecule has 0 aliphatic heterocycles. The van der Waals surface area contributed by atoms with E-state index in [9.17, 15) is 0 Å². The summed E-state index contributed by atoms with van der Waals surface area (Å²) in [6, 6.07) is 2.12. The maximum atomic E-state index is 5.44. The van der Waals surface area contributed by atoms with Gasteiger partial charge >= 0.3 is 6.01 Å². The maximum absolute atomic E-state index is 5.44. The number of hydrogen-bond donors (Lipinski definition) is 1. The SMILES string of the molecule is CCCOCCOc1nccc(CN)n1. The van der Waals surface area contributed by atoms with Gasteiger partial charge in [0.15, 0.2) is 0 Å². The number of rotatable bonds is 7. The molecule has 0 spiro atoms. The summed E-state index contributed by atoms with van der Waals surface area (Å²) in [5, 5.41) is 0. The molecule has 0 aliphatic rings. The molecular weight excluding hydrogens is 194 g/mol. The van der Waals surface area contributed by atoms with Crippen molar-refractivity contribution in [2.45, 2.75) is 19.9 Å². The van der Waals surface area contributed by atoms with Crippen LogP contribution < -0.4 is 10.5 Å². The van der Waals surface area contributed by atoms with Gasteiger partial charge in [0.05, 0.1) is 12.3 Å². The number of hydrogen-bond acceptors (Lipinski definition) is 5. The summed E-state index contributed by atoms with van der Waals surface area (Å²) in [7, 11) is 0. The smallest absolute Gasteiger partial charge is 0.316 e. The molecule has 0 bridgehead atoms. The standard InChI is InChI=1S/C10H17N3O2/c1-2-5-14-6-7-15-10-12-4-3-9(8-11)13-10/h3-4H,2,5-8,11H2,1H3. The van der Waals surface area contributed by atoms with Crippen LogP contribution in [0, 0.1) is 0 Å². The minimum absolute atomic E-state index is 0.359. The lowest BCUT2D eigenvalue weighted by Crippen LogP contribution is -2.10. The van der Waals surface area contributed by atoms with Crippen molar-refractivity contribution in [3.05, 3.63) is 18.0 Å². The quantitative estimate of drug-likeness (QED) is 0.674. The summed E-state index contributed by atoms with van der Waals surface area (Å²) in [5.41, 5.74) is 6.22. The molecule has 0 amide bonds. The lowest BCUT2D eigenvalue weighted by atomic mass is 10.4. The van der Waals surface area contributed by atoms with Gasteiger partial charge in [0.2, 0.25) is 0 Å². The van der Waals surface area contributed by atoms with Gasteiger partial charge in [-0.15, -0.1) is 0 Å². The Bertz CT molecular complexity index is 281. The third-order valence-corrected chi connectivity index (χ3v) is 1.71. The van der Waals surface area contributed by atoms with Crippen LogP contribution >= 0.6 is 0 Å². The van der Waals surface area contributed by atoms with Crippen molar-refractivity contribution in [2.75, 3.05) is 19.8 Å². The Balaban J connectivity index is 2.24. The number of nitrogens with zero attached hydrogens (tertiary/aromatic N) is 2. The van der Waals surface area contributed by atoms with Crippen LogP contribution in [0.25, 0.3) is 0 Å². The van der Waals surface area contributed by atoms with Crippen LogP contribution in [0.2, 0.25) is 0 Å². The molecule has 0 aliphatic carbocycles. The molecule has 1 aromatic heterocycles. The first-order valence-electron chi connectivity index (χ1n) is 5.09. The van der Waals surface area contributed by atoms with E-state index in [-0.39, 0.29) is 0 Å². The molecule has 0 aromatic carbocycles. The van der Waals surface area contributed by atoms with Gasteiger partial charge in [0.25, 0.3) is 0 Å². The van der Waals surface area contributed by atoms with E-state index in [0.717, 1.165) is 18.7 Å². The largest absolute Gasteiger partial charge is 0.461 e. The fourth-order valence-corrected chi connectivity index (χ4v) is 0.998. The lowest BCUT2D eigenvalue weighted by molar-refractivity contribution is 0.0971. The summed E-state index contributed by atoms with van der Waals surface area (Å²) in [5.74, 6) is 0. The van der Waals surface area contributed by atoms with Gasteiger partial charge in [0, 0.05) is 19.3 Å². The van der Waals surface area contributed by atoms with Crippen molar-refractivity contribution in [1.29, 1.82) is 0 Å². The molecule has 1 rings (SSSR count). The molecule has 0 atom stereocenters. The van der Waals surface area contributed by atoms with E-state index in [1.807, 2.05) is 0 Å². The Morgan fingerprint density at radius 2 is 2.20 bits per heavy atom. The zero-order chi connectivity index (χ0) is 10.9. The Labute approximate surface area is 89.6 Å². The summed E-state index contributed by atoms with van der Waals surface area (Å²) in [4.78, 5) is 8.06. The van der Waals surface area contributed by atoms with Gasteiger partial charge in [-0.25, -0.2) is 4.98 Å². The minimum atomic E-state index is 0.359. The lowest BCUT2D eigenvalue weighted by Gasteiger charge is -2.05. The fraction of sp³-hybridized carbons (Fsp3) is 0.600. The number of ether oxygens (including phenoxy) is 2. The van der Waals surface area contributed by atoms with E-state index in [0.29, 0.717) is 25.8 Å². The van der Waals surface area contributed by atoms with E-state index in [1.54, 1.807) is 12.3 Å². The van der Waals surface area contributed by atoms with E-state index in [1.165, 1.54) is 0 Å². The molecule has 0 saturated carbocycles. The van der Waals surface area contributed by atoms with Crippen LogP contribution in [0.15, 0.2) is 12.3 Å². The molecule has 0 fully saturated rings. The molecule has 5 heteroatoms. The Kier molecular flexibility index (Phi) is 5.65. The van der Waals surface area contributed by atoms with Gasteiger partial charge < -0.3 is 15.2 Å². The molecule has 1 aromatic rings. The molecular formula is C10H17N3O2. The molecule has 15 heavy (non-hydrogen) atoms. The average Bonchev–Trinajstić information content (AvgIpc) is 2.29. The van der Waals surface area contributed by atoms with Crippen LogP contribution in [0.4, 0.5) is 0 Å². The van der Waals surface area contributed by atoms with Crippen molar-refractivity contribution in [3.8, 4) is 6.01 Å². The summed E-state index contributed by atoms with van der Waals surface area (Å²) >= 11 is 0. The average molecular weight is 211 g/mol. The molecule has 5 nitrogen and oxygen atoms in total. The summed E-state index contributed by atoms with van der Waals surface area (Å²) < 4.78 is 10.5. The molecule has 84 valence electrons. The van der Waals surface area contributed by atoms with E-state index in [2.05, 4.69) is 16.9 Å². The van der Waals surface area contributed by atoms with Crippen molar-refractivity contribution in [1.82, 2.24) is 9.97 Å². The second-order valence-electron chi connectivity index (χ2n) is 3.00. The van der Waals surface area contributed by atoms with Gasteiger partial charge in [-0.3, -0.25) is 0 Å². The Morgan fingerprint density at radius 1 is 1.33 bits per heavy atom. The number of aromatic nitrogens is 2. The highest BCUT2D eigenvalue weighted by atomic mass is 16.5. The van der Waals surface area contributed by atoms with Crippen molar-refractivity contribution in [3.63, 3.8) is 0 Å². The van der Waals surface area contributed by atoms with Crippen LogP contribution in [0.5, 0.6) is 6.01 Å². The molecule has 0 saturated heterocycles. The summed E-state index contributed by atoms with van der Waals surface area (Å²) in [6.45, 7) is 4.24. The molecule has 2 N–H and O–H groups in total. The van der Waals surface area contributed by atoms with Crippen molar-refractivity contribution < 1.29 is 9.47 Å².